The molecule has 1 atom stereocenters. The minimum atomic E-state index is 0.935. The summed E-state index contributed by atoms with van der Waals surface area (Å²) in [5.41, 5.74) is 0. The van der Waals surface area contributed by atoms with Crippen molar-refractivity contribution in [2.75, 3.05) is 14.1 Å². The molecule has 0 aromatic rings. The first-order valence-electron chi connectivity index (χ1n) is 3.28. The van der Waals surface area contributed by atoms with Crippen LogP contribution in [0.3, 0.4) is 0 Å². The molecule has 1 radical (unpaired) electrons. The Morgan fingerprint density at radius 1 is 1.62 bits per heavy atom. The van der Waals surface area contributed by atoms with Crippen molar-refractivity contribution in [3.63, 3.8) is 0 Å². The SMILES string of the molecule is CCC1C[C]1N(C)C. The van der Waals surface area contributed by atoms with Crippen molar-refractivity contribution in [2.24, 2.45) is 5.92 Å². The van der Waals surface area contributed by atoms with Crippen LogP contribution in [-0.2, 0) is 0 Å². The number of hydrogen-bond acceptors (Lipinski definition) is 1. The fraction of sp³-hybridized carbons (Fsp3) is 0.857. The van der Waals surface area contributed by atoms with Gasteiger partial charge in [-0.1, -0.05) is 13.3 Å². The second kappa shape index (κ2) is 2.06. The lowest BCUT2D eigenvalue weighted by Crippen LogP contribution is -2.08. The molecule has 1 heteroatoms. The second-order valence-corrected chi connectivity index (χ2v) is 2.70. The van der Waals surface area contributed by atoms with Crippen LogP contribution in [0.1, 0.15) is 19.8 Å². The summed E-state index contributed by atoms with van der Waals surface area (Å²) in [7, 11) is 4.26. The highest BCUT2D eigenvalue weighted by Gasteiger charge is 2.37. The molecular formula is C7H14N. The Morgan fingerprint density at radius 2 is 2.25 bits per heavy atom. The Bertz CT molecular complexity index is 78.5. The summed E-state index contributed by atoms with van der Waals surface area (Å²) < 4.78 is 0. The third-order valence-electron chi connectivity index (χ3n) is 1.83. The molecule has 1 unspecified atom stereocenters. The smallest absolute Gasteiger partial charge is 0.0421 e. The predicted octanol–water partition coefficient (Wildman–Crippen LogP) is 1.51. The standard InChI is InChI=1S/C7H14N/c1-4-6-5-7(6)8(2)3/h6H,4-5H2,1-3H3. The summed E-state index contributed by atoms with van der Waals surface area (Å²) in [6.45, 7) is 2.25. The van der Waals surface area contributed by atoms with E-state index in [9.17, 15) is 0 Å². The molecule has 1 aliphatic rings. The lowest BCUT2D eigenvalue weighted by molar-refractivity contribution is 0.462. The largest absolute Gasteiger partial charge is 0.302 e. The van der Waals surface area contributed by atoms with Gasteiger partial charge in [-0.2, -0.15) is 0 Å². The molecule has 0 heterocycles. The molecule has 47 valence electrons. The lowest BCUT2D eigenvalue weighted by Gasteiger charge is -2.05. The van der Waals surface area contributed by atoms with Crippen molar-refractivity contribution in [1.82, 2.24) is 4.90 Å². The van der Waals surface area contributed by atoms with Crippen LogP contribution in [0.15, 0.2) is 0 Å². The van der Waals surface area contributed by atoms with Crippen molar-refractivity contribution in [2.45, 2.75) is 19.8 Å². The first-order chi connectivity index (χ1) is 3.75. The van der Waals surface area contributed by atoms with Crippen LogP contribution in [0, 0.1) is 12.0 Å². The van der Waals surface area contributed by atoms with Crippen LogP contribution in [0.4, 0.5) is 0 Å². The summed E-state index contributed by atoms with van der Waals surface area (Å²) in [6.07, 6.45) is 2.68. The van der Waals surface area contributed by atoms with Gasteiger partial charge in [-0.25, -0.2) is 0 Å². The second-order valence-electron chi connectivity index (χ2n) is 2.70. The zero-order valence-electron chi connectivity index (χ0n) is 5.94. The van der Waals surface area contributed by atoms with Gasteiger partial charge in [0.05, 0.1) is 0 Å². The molecule has 0 saturated heterocycles. The average molecular weight is 112 g/mol. The fourth-order valence-corrected chi connectivity index (χ4v) is 1.12. The summed E-state index contributed by atoms with van der Waals surface area (Å²) in [5.74, 6) is 0.935. The van der Waals surface area contributed by atoms with Gasteiger partial charge in [0, 0.05) is 6.04 Å². The fourth-order valence-electron chi connectivity index (χ4n) is 1.12. The maximum atomic E-state index is 2.25. The van der Waals surface area contributed by atoms with E-state index >= 15 is 0 Å². The van der Waals surface area contributed by atoms with E-state index in [4.69, 9.17) is 0 Å². The van der Waals surface area contributed by atoms with E-state index in [0.717, 1.165) is 5.92 Å². The predicted molar refractivity (Wildman–Crippen MR) is 35.3 cm³/mol. The van der Waals surface area contributed by atoms with Crippen LogP contribution in [0.25, 0.3) is 0 Å². The lowest BCUT2D eigenvalue weighted by atomic mass is 10.3. The van der Waals surface area contributed by atoms with Gasteiger partial charge < -0.3 is 4.90 Å². The van der Waals surface area contributed by atoms with Crippen molar-refractivity contribution < 1.29 is 0 Å². The van der Waals surface area contributed by atoms with Gasteiger partial charge in [-0.3, -0.25) is 0 Å². The van der Waals surface area contributed by atoms with Crippen LogP contribution >= 0.6 is 0 Å². The van der Waals surface area contributed by atoms with Crippen LogP contribution in [0.2, 0.25) is 0 Å². The van der Waals surface area contributed by atoms with Gasteiger partial charge in [-0.05, 0) is 26.4 Å². The molecular weight excluding hydrogens is 98.1 g/mol. The molecule has 1 rings (SSSR count). The Hall–Kier alpha value is -0.0400. The molecule has 1 nitrogen and oxygen atoms in total. The summed E-state index contributed by atoms with van der Waals surface area (Å²) in [6, 6.07) is 1.63. The Labute approximate surface area is 51.7 Å². The van der Waals surface area contributed by atoms with E-state index in [-0.39, 0.29) is 0 Å². The summed E-state index contributed by atoms with van der Waals surface area (Å²) in [5, 5.41) is 0. The molecule has 0 amide bonds. The van der Waals surface area contributed by atoms with E-state index < -0.39 is 0 Å². The molecule has 8 heavy (non-hydrogen) atoms. The first kappa shape index (κ1) is 6.09. The average Bonchev–Trinajstić information content (AvgIpc) is 2.42. The van der Waals surface area contributed by atoms with Gasteiger partial charge >= 0.3 is 0 Å². The van der Waals surface area contributed by atoms with E-state index in [2.05, 4.69) is 25.9 Å². The van der Waals surface area contributed by atoms with Gasteiger partial charge in [0.2, 0.25) is 0 Å². The minimum Gasteiger partial charge on any atom is -0.302 e. The molecule has 0 aliphatic heterocycles. The molecule has 1 saturated carbocycles. The molecule has 0 N–H and O–H groups in total. The third kappa shape index (κ3) is 1.03. The normalized spacial score (nSPS) is 29.2. The maximum Gasteiger partial charge on any atom is 0.0421 e. The first-order valence-corrected chi connectivity index (χ1v) is 3.28. The Balaban J connectivity index is 2.16. The summed E-state index contributed by atoms with van der Waals surface area (Å²) in [4.78, 5) is 2.24. The summed E-state index contributed by atoms with van der Waals surface area (Å²) >= 11 is 0. The zero-order valence-corrected chi connectivity index (χ0v) is 5.94. The van der Waals surface area contributed by atoms with Gasteiger partial charge in [-0.15, -0.1) is 0 Å². The van der Waals surface area contributed by atoms with Crippen molar-refractivity contribution in [1.29, 1.82) is 0 Å². The number of rotatable bonds is 2. The number of hydrogen-bond donors (Lipinski definition) is 0. The molecule has 1 fully saturated rings. The van der Waals surface area contributed by atoms with E-state index in [1.807, 2.05) is 0 Å². The minimum absolute atomic E-state index is 0.935. The van der Waals surface area contributed by atoms with Crippen molar-refractivity contribution in [3.8, 4) is 0 Å². The Kier molecular flexibility index (Phi) is 1.57. The highest BCUT2D eigenvalue weighted by atomic mass is 15.1. The van der Waals surface area contributed by atoms with Gasteiger partial charge in [0.25, 0.3) is 0 Å². The van der Waals surface area contributed by atoms with Gasteiger partial charge in [0.1, 0.15) is 0 Å². The number of nitrogens with zero attached hydrogens (tertiary/aromatic N) is 1. The highest BCUT2D eigenvalue weighted by molar-refractivity contribution is 5.10. The van der Waals surface area contributed by atoms with Gasteiger partial charge in [0.15, 0.2) is 0 Å². The quantitative estimate of drug-likeness (QED) is 0.523. The van der Waals surface area contributed by atoms with Crippen LogP contribution in [-0.4, -0.2) is 19.0 Å². The van der Waals surface area contributed by atoms with E-state index in [0.29, 0.717) is 0 Å². The molecule has 0 aromatic heterocycles. The monoisotopic (exact) mass is 112 g/mol. The molecule has 1 aliphatic carbocycles. The van der Waals surface area contributed by atoms with Crippen LogP contribution < -0.4 is 0 Å². The molecule has 0 spiro atoms. The zero-order chi connectivity index (χ0) is 6.15. The van der Waals surface area contributed by atoms with E-state index in [1.54, 1.807) is 6.04 Å². The van der Waals surface area contributed by atoms with E-state index in [1.165, 1.54) is 12.8 Å². The molecule has 0 bridgehead atoms. The maximum absolute atomic E-state index is 2.25. The van der Waals surface area contributed by atoms with Crippen molar-refractivity contribution in [3.05, 3.63) is 6.04 Å². The van der Waals surface area contributed by atoms with Crippen LogP contribution in [0.5, 0.6) is 0 Å². The Morgan fingerprint density at radius 3 is 2.38 bits per heavy atom. The molecule has 0 aromatic carbocycles. The topological polar surface area (TPSA) is 3.24 Å². The van der Waals surface area contributed by atoms with Crippen molar-refractivity contribution >= 4 is 0 Å². The third-order valence-corrected chi connectivity index (χ3v) is 1.83. The highest BCUT2D eigenvalue weighted by Crippen LogP contribution is 2.44.